The van der Waals surface area contributed by atoms with Crippen LogP contribution in [0.15, 0.2) is 41.1 Å². The highest BCUT2D eigenvalue weighted by Crippen LogP contribution is 2.52. The van der Waals surface area contributed by atoms with Gasteiger partial charge in [-0.2, -0.15) is 4.98 Å². The molecule has 2 bridgehead atoms. The number of aromatic nitrogens is 3. The van der Waals surface area contributed by atoms with Gasteiger partial charge in [-0.05, 0) is 69.0 Å². The fourth-order valence-electron chi connectivity index (χ4n) is 5.32. The molecule has 2 aliphatic heterocycles. The third-order valence-electron chi connectivity index (χ3n) is 7.31. The van der Waals surface area contributed by atoms with E-state index >= 15 is 0 Å². The van der Waals surface area contributed by atoms with Crippen molar-refractivity contribution in [3.8, 4) is 11.4 Å². The zero-order valence-electron chi connectivity index (χ0n) is 19.3. The molecule has 2 unspecified atom stereocenters. The number of anilines is 1. The number of hydrogen-bond acceptors (Lipinski definition) is 6. The van der Waals surface area contributed by atoms with Crippen molar-refractivity contribution in [3.63, 3.8) is 0 Å². The van der Waals surface area contributed by atoms with Gasteiger partial charge in [0.05, 0.1) is 17.5 Å². The summed E-state index contributed by atoms with van der Waals surface area (Å²) in [5, 5.41) is 4.98. The maximum atomic E-state index is 14.0. The number of amides is 1. The Hall–Kier alpha value is -2.71. The number of benzene rings is 1. The van der Waals surface area contributed by atoms with Crippen LogP contribution in [0.5, 0.6) is 0 Å². The van der Waals surface area contributed by atoms with Gasteiger partial charge in [-0.3, -0.25) is 4.79 Å². The molecule has 0 spiro atoms. The SMILES string of the molecule is CC(C)(F)c1nc(-c2ccc(N3CC4CC3CN4C(=O)C3(c4cc(Cl)cc(Cl)c4)CC3)nc2)no1. The van der Waals surface area contributed by atoms with Gasteiger partial charge in [0.15, 0.2) is 5.67 Å². The lowest BCUT2D eigenvalue weighted by molar-refractivity contribution is -0.135. The number of alkyl halides is 1. The standard InChI is InChI=1S/C25H24Cl2FN5O2/c1-24(2,28)22-30-21(31-35-22)14-3-4-20(29-11-14)32-12-19-10-18(32)13-33(19)23(34)25(5-6-25)15-7-16(26)9-17(27)8-15/h3-4,7-9,11,18-19H,5-6,10,12-13H2,1-2H3. The molecule has 2 atom stereocenters. The van der Waals surface area contributed by atoms with Crippen molar-refractivity contribution < 1.29 is 13.7 Å². The maximum Gasteiger partial charge on any atom is 0.264 e. The van der Waals surface area contributed by atoms with Crippen molar-refractivity contribution in [1.82, 2.24) is 20.0 Å². The fourth-order valence-corrected chi connectivity index (χ4v) is 5.85. The first-order valence-corrected chi connectivity index (χ1v) is 12.4. The van der Waals surface area contributed by atoms with Gasteiger partial charge in [0.2, 0.25) is 11.7 Å². The van der Waals surface area contributed by atoms with E-state index in [0.717, 1.165) is 37.2 Å². The van der Waals surface area contributed by atoms with Crippen LogP contribution in [-0.2, 0) is 15.9 Å². The molecule has 1 aromatic carbocycles. The normalized spacial score (nSPS) is 22.7. The lowest BCUT2D eigenvalue weighted by atomic mass is 9.94. The molecule has 7 nitrogen and oxygen atoms in total. The summed E-state index contributed by atoms with van der Waals surface area (Å²) in [4.78, 5) is 26.7. The van der Waals surface area contributed by atoms with Crippen LogP contribution in [0, 0.1) is 0 Å². The number of nitrogens with zero attached hydrogens (tertiary/aromatic N) is 5. The second-order valence-electron chi connectivity index (χ2n) is 10.2. The molecule has 1 aliphatic carbocycles. The number of rotatable bonds is 5. The molecule has 10 heteroatoms. The zero-order chi connectivity index (χ0) is 24.5. The van der Waals surface area contributed by atoms with Crippen LogP contribution in [0.3, 0.4) is 0 Å². The summed E-state index contributed by atoms with van der Waals surface area (Å²) in [5.41, 5.74) is -0.626. The van der Waals surface area contributed by atoms with Gasteiger partial charge in [0.1, 0.15) is 5.82 Å². The van der Waals surface area contributed by atoms with Crippen LogP contribution < -0.4 is 4.90 Å². The number of carbonyl (C=O) groups is 1. The predicted octanol–water partition coefficient (Wildman–Crippen LogP) is 5.16. The van der Waals surface area contributed by atoms with E-state index < -0.39 is 11.1 Å². The number of hydrogen-bond donors (Lipinski definition) is 0. The summed E-state index contributed by atoms with van der Waals surface area (Å²) >= 11 is 12.4. The minimum atomic E-state index is -1.70. The van der Waals surface area contributed by atoms with E-state index in [4.69, 9.17) is 27.7 Å². The van der Waals surface area contributed by atoms with E-state index in [2.05, 4.69) is 20.0 Å². The molecule has 0 N–H and O–H groups in total. The highest BCUT2D eigenvalue weighted by atomic mass is 35.5. The number of likely N-dealkylation sites (tertiary alicyclic amines) is 1. The van der Waals surface area contributed by atoms with Crippen molar-refractivity contribution in [2.24, 2.45) is 0 Å². The predicted molar refractivity (Wildman–Crippen MR) is 130 cm³/mol. The Labute approximate surface area is 212 Å². The highest BCUT2D eigenvalue weighted by molar-refractivity contribution is 6.34. The Kier molecular flexibility index (Phi) is 5.13. The van der Waals surface area contributed by atoms with Gasteiger partial charge in [0, 0.05) is 34.9 Å². The van der Waals surface area contributed by atoms with Gasteiger partial charge in [-0.1, -0.05) is 28.4 Å². The van der Waals surface area contributed by atoms with Crippen LogP contribution in [0.4, 0.5) is 10.2 Å². The lowest BCUT2D eigenvalue weighted by Gasteiger charge is -2.37. The van der Waals surface area contributed by atoms with Crippen LogP contribution in [0.25, 0.3) is 11.4 Å². The molecule has 4 heterocycles. The third kappa shape index (κ3) is 3.87. The smallest absolute Gasteiger partial charge is 0.264 e. The van der Waals surface area contributed by atoms with Crippen LogP contribution >= 0.6 is 23.2 Å². The molecular weight excluding hydrogens is 492 g/mol. The first-order valence-electron chi connectivity index (χ1n) is 11.7. The van der Waals surface area contributed by atoms with Crippen LogP contribution in [0.1, 0.15) is 44.6 Å². The van der Waals surface area contributed by atoms with E-state index in [1.807, 2.05) is 29.2 Å². The molecule has 1 amide bonds. The Morgan fingerprint density at radius 1 is 1.14 bits per heavy atom. The Bertz CT molecular complexity index is 1280. The summed E-state index contributed by atoms with van der Waals surface area (Å²) < 4.78 is 19.1. The monoisotopic (exact) mass is 515 g/mol. The Morgan fingerprint density at radius 2 is 1.89 bits per heavy atom. The molecule has 182 valence electrons. The van der Waals surface area contributed by atoms with E-state index in [-0.39, 0.29) is 23.9 Å². The number of halogens is 3. The lowest BCUT2D eigenvalue weighted by Crippen LogP contribution is -2.51. The second-order valence-corrected chi connectivity index (χ2v) is 11.1. The molecule has 2 aromatic heterocycles. The van der Waals surface area contributed by atoms with Gasteiger partial charge in [0.25, 0.3) is 5.89 Å². The van der Waals surface area contributed by atoms with Crippen molar-refractivity contribution in [2.45, 2.75) is 56.3 Å². The van der Waals surface area contributed by atoms with Crippen LogP contribution in [0.2, 0.25) is 10.0 Å². The largest absolute Gasteiger partial charge is 0.350 e. The van der Waals surface area contributed by atoms with Crippen molar-refractivity contribution in [3.05, 3.63) is 58.0 Å². The molecule has 3 aliphatic rings. The average Bonchev–Trinajstić information content (AvgIpc) is 3.14. The summed E-state index contributed by atoms with van der Waals surface area (Å²) in [6.07, 6.45) is 4.23. The summed E-state index contributed by atoms with van der Waals surface area (Å²) in [6.45, 7) is 4.15. The molecule has 3 fully saturated rings. The maximum absolute atomic E-state index is 14.0. The molecule has 3 aromatic rings. The van der Waals surface area contributed by atoms with Crippen molar-refractivity contribution >= 4 is 34.9 Å². The Balaban J connectivity index is 1.15. The molecule has 35 heavy (non-hydrogen) atoms. The average molecular weight is 516 g/mol. The number of piperazine rings is 1. The van der Waals surface area contributed by atoms with Crippen molar-refractivity contribution in [2.75, 3.05) is 18.0 Å². The van der Waals surface area contributed by atoms with Gasteiger partial charge >= 0.3 is 0 Å². The molecule has 6 rings (SSSR count). The third-order valence-corrected chi connectivity index (χ3v) is 7.75. The van der Waals surface area contributed by atoms with E-state index in [1.54, 1.807) is 12.3 Å². The van der Waals surface area contributed by atoms with Crippen LogP contribution in [-0.4, -0.2) is 51.1 Å². The van der Waals surface area contributed by atoms with E-state index in [1.165, 1.54) is 13.8 Å². The topological polar surface area (TPSA) is 75.4 Å². The number of carbonyl (C=O) groups excluding carboxylic acids is 1. The summed E-state index contributed by atoms with van der Waals surface area (Å²) in [6, 6.07) is 9.56. The van der Waals surface area contributed by atoms with Gasteiger partial charge in [-0.15, -0.1) is 0 Å². The van der Waals surface area contributed by atoms with Gasteiger partial charge < -0.3 is 14.3 Å². The number of pyridine rings is 1. The summed E-state index contributed by atoms with van der Waals surface area (Å²) in [5.74, 6) is 1.26. The molecule has 1 saturated carbocycles. The summed E-state index contributed by atoms with van der Waals surface area (Å²) in [7, 11) is 0. The van der Waals surface area contributed by atoms with E-state index in [9.17, 15) is 9.18 Å². The molecule has 0 radical (unpaired) electrons. The molecule has 2 saturated heterocycles. The minimum Gasteiger partial charge on any atom is -0.350 e. The Morgan fingerprint density at radius 3 is 2.43 bits per heavy atom. The minimum absolute atomic E-state index is 0.0633. The van der Waals surface area contributed by atoms with Gasteiger partial charge in [-0.25, -0.2) is 9.37 Å². The fraction of sp³-hybridized carbons (Fsp3) is 0.440. The first kappa shape index (κ1) is 22.7. The zero-order valence-corrected chi connectivity index (χ0v) is 20.9. The number of fused-ring (bicyclic) bond motifs is 2. The van der Waals surface area contributed by atoms with Crippen molar-refractivity contribution in [1.29, 1.82) is 0 Å². The van der Waals surface area contributed by atoms with E-state index in [0.29, 0.717) is 28.0 Å². The molecular formula is C25H24Cl2FN5O2. The highest BCUT2D eigenvalue weighted by Gasteiger charge is 2.57. The first-order chi connectivity index (χ1) is 16.6. The second kappa shape index (κ2) is 7.90. The quantitative estimate of drug-likeness (QED) is 0.466.